The number of aromatic amines is 1. The van der Waals surface area contributed by atoms with E-state index in [0.29, 0.717) is 5.82 Å². The normalized spacial score (nSPS) is 15.2. The van der Waals surface area contributed by atoms with Gasteiger partial charge in [-0.3, -0.25) is 14.7 Å². The first kappa shape index (κ1) is 12.0. The molecule has 0 bridgehead atoms. The van der Waals surface area contributed by atoms with Crippen LogP contribution in [0.15, 0.2) is 29.3 Å². The quantitative estimate of drug-likeness (QED) is 0.877. The topological polar surface area (TPSA) is 61.9 Å². The van der Waals surface area contributed by atoms with Gasteiger partial charge in [-0.15, -0.1) is 0 Å². The molecule has 5 nitrogen and oxygen atoms in total. The summed E-state index contributed by atoms with van der Waals surface area (Å²) >= 11 is 0. The van der Waals surface area contributed by atoms with Gasteiger partial charge in [-0.1, -0.05) is 6.92 Å². The number of rotatable bonds is 2. The fraction of sp³-hybridized carbons (Fsp3) is 0.357. The standard InChI is InChI=1S/C14H16N4O/c1-2-18-7-5-11-12(9-18)16-13(17-14(11)19)10-4-3-6-15-8-10/h3-4,6,8H,2,5,7,9H2,1H3,(H,16,17,19). The molecule has 2 aromatic rings. The lowest BCUT2D eigenvalue weighted by molar-refractivity contribution is 0.262. The second-order valence-electron chi connectivity index (χ2n) is 4.70. The number of hydrogen-bond acceptors (Lipinski definition) is 4. The van der Waals surface area contributed by atoms with Gasteiger partial charge in [-0.2, -0.15) is 0 Å². The Kier molecular flexibility index (Phi) is 3.13. The first-order chi connectivity index (χ1) is 9.28. The SMILES string of the molecule is CCN1CCc2c(nc(-c3cccnc3)[nH]c2=O)C1. The monoisotopic (exact) mass is 256 g/mol. The van der Waals surface area contributed by atoms with Crippen molar-refractivity contribution in [2.75, 3.05) is 13.1 Å². The second kappa shape index (κ2) is 4.93. The average Bonchev–Trinajstić information content (AvgIpc) is 2.47. The van der Waals surface area contributed by atoms with Gasteiger partial charge < -0.3 is 4.98 Å². The van der Waals surface area contributed by atoms with Crippen molar-refractivity contribution in [3.63, 3.8) is 0 Å². The number of H-pyrrole nitrogens is 1. The average molecular weight is 256 g/mol. The van der Waals surface area contributed by atoms with Gasteiger partial charge in [-0.25, -0.2) is 4.98 Å². The number of pyridine rings is 1. The fourth-order valence-corrected chi connectivity index (χ4v) is 2.40. The maximum atomic E-state index is 12.1. The van der Waals surface area contributed by atoms with Crippen molar-refractivity contribution >= 4 is 0 Å². The summed E-state index contributed by atoms with van der Waals surface area (Å²) < 4.78 is 0. The highest BCUT2D eigenvalue weighted by Gasteiger charge is 2.20. The summed E-state index contributed by atoms with van der Waals surface area (Å²) in [6, 6.07) is 3.74. The number of fused-ring (bicyclic) bond motifs is 1. The molecule has 1 aliphatic heterocycles. The Labute approximate surface area is 111 Å². The van der Waals surface area contributed by atoms with Crippen LogP contribution in [0.3, 0.4) is 0 Å². The highest BCUT2D eigenvalue weighted by molar-refractivity contribution is 5.53. The predicted molar refractivity (Wildman–Crippen MR) is 72.7 cm³/mol. The molecule has 0 saturated heterocycles. The predicted octanol–water partition coefficient (Wildman–Crippen LogP) is 1.21. The summed E-state index contributed by atoms with van der Waals surface area (Å²) in [7, 11) is 0. The van der Waals surface area contributed by atoms with E-state index < -0.39 is 0 Å². The molecule has 3 rings (SSSR count). The van der Waals surface area contributed by atoms with Gasteiger partial charge in [0, 0.05) is 36.6 Å². The molecule has 1 aliphatic rings. The molecule has 0 saturated carbocycles. The third kappa shape index (κ3) is 2.29. The van der Waals surface area contributed by atoms with Crippen LogP contribution in [-0.4, -0.2) is 32.9 Å². The molecular formula is C14H16N4O. The van der Waals surface area contributed by atoms with Gasteiger partial charge in [0.05, 0.1) is 5.69 Å². The Morgan fingerprint density at radius 1 is 1.47 bits per heavy atom. The van der Waals surface area contributed by atoms with Gasteiger partial charge in [0.25, 0.3) is 5.56 Å². The largest absolute Gasteiger partial charge is 0.306 e. The molecule has 5 heteroatoms. The van der Waals surface area contributed by atoms with Crippen molar-refractivity contribution in [2.45, 2.75) is 19.9 Å². The molecule has 0 aromatic carbocycles. The summed E-state index contributed by atoms with van der Waals surface area (Å²) in [5.74, 6) is 0.606. The molecule has 0 aliphatic carbocycles. The van der Waals surface area contributed by atoms with E-state index in [4.69, 9.17) is 0 Å². The summed E-state index contributed by atoms with van der Waals surface area (Å²) in [5, 5.41) is 0. The van der Waals surface area contributed by atoms with Crippen LogP contribution in [0.25, 0.3) is 11.4 Å². The molecular weight excluding hydrogens is 240 g/mol. The van der Waals surface area contributed by atoms with E-state index >= 15 is 0 Å². The lowest BCUT2D eigenvalue weighted by Gasteiger charge is -2.26. The first-order valence-electron chi connectivity index (χ1n) is 6.52. The van der Waals surface area contributed by atoms with Gasteiger partial charge in [0.1, 0.15) is 5.82 Å². The van der Waals surface area contributed by atoms with E-state index in [1.54, 1.807) is 12.4 Å². The molecule has 0 unspecified atom stereocenters. The van der Waals surface area contributed by atoms with Gasteiger partial charge in [-0.05, 0) is 25.1 Å². The summed E-state index contributed by atoms with van der Waals surface area (Å²) in [6.45, 7) is 4.79. The Morgan fingerprint density at radius 3 is 3.11 bits per heavy atom. The van der Waals surface area contributed by atoms with Crippen molar-refractivity contribution in [1.29, 1.82) is 0 Å². The molecule has 0 spiro atoms. The van der Waals surface area contributed by atoms with Crippen LogP contribution in [0.4, 0.5) is 0 Å². The molecule has 2 aromatic heterocycles. The third-order valence-corrected chi connectivity index (χ3v) is 3.53. The molecule has 3 heterocycles. The number of aromatic nitrogens is 3. The van der Waals surface area contributed by atoms with Crippen molar-refractivity contribution in [3.05, 3.63) is 46.1 Å². The molecule has 0 fully saturated rings. The van der Waals surface area contributed by atoms with Gasteiger partial charge >= 0.3 is 0 Å². The van der Waals surface area contributed by atoms with Crippen molar-refractivity contribution in [1.82, 2.24) is 19.9 Å². The van der Waals surface area contributed by atoms with E-state index in [9.17, 15) is 4.79 Å². The lowest BCUT2D eigenvalue weighted by Crippen LogP contribution is -2.35. The molecule has 19 heavy (non-hydrogen) atoms. The van der Waals surface area contributed by atoms with Gasteiger partial charge in [0.2, 0.25) is 0 Å². The summed E-state index contributed by atoms with van der Waals surface area (Å²) in [4.78, 5) is 25.9. The third-order valence-electron chi connectivity index (χ3n) is 3.53. The summed E-state index contributed by atoms with van der Waals surface area (Å²) in [6.07, 6.45) is 4.20. The zero-order chi connectivity index (χ0) is 13.2. The maximum absolute atomic E-state index is 12.1. The minimum atomic E-state index is -0.0143. The van der Waals surface area contributed by atoms with Crippen molar-refractivity contribution in [3.8, 4) is 11.4 Å². The van der Waals surface area contributed by atoms with Gasteiger partial charge in [0.15, 0.2) is 0 Å². The minimum Gasteiger partial charge on any atom is -0.306 e. The number of nitrogens with zero attached hydrogens (tertiary/aromatic N) is 3. The molecule has 1 N–H and O–H groups in total. The van der Waals surface area contributed by atoms with Crippen LogP contribution in [0.5, 0.6) is 0 Å². The number of hydrogen-bond donors (Lipinski definition) is 1. The molecule has 98 valence electrons. The van der Waals surface area contributed by atoms with Crippen LogP contribution in [-0.2, 0) is 13.0 Å². The number of nitrogens with one attached hydrogen (secondary N) is 1. The fourth-order valence-electron chi connectivity index (χ4n) is 2.40. The van der Waals surface area contributed by atoms with Crippen LogP contribution < -0.4 is 5.56 Å². The Bertz CT molecular complexity index is 636. The molecule has 0 radical (unpaired) electrons. The Morgan fingerprint density at radius 2 is 2.37 bits per heavy atom. The van der Waals surface area contributed by atoms with Crippen LogP contribution >= 0.6 is 0 Å². The van der Waals surface area contributed by atoms with Crippen molar-refractivity contribution in [2.24, 2.45) is 0 Å². The van der Waals surface area contributed by atoms with E-state index in [1.807, 2.05) is 12.1 Å². The maximum Gasteiger partial charge on any atom is 0.254 e. The molecule has 0 amide bonds. The van der Waals surface area contributed by atoms with Crippen LogP contribution in [0, 0.1) is 0 Å². The lowest BCUT2D eigenvalue weighted by atomic mass is 10.1. The van der Waals surface area contributed by atoms with Crippen LogP contribution in [0.2, 0.25) is 0 Å². The highest BCUT2D eigenvalue weighted by Crippen LogP contribution is 2.17. The second-order valence-corrected chi connectivity index (χ2v) is 4.70. The highest BCUT2D eigenvalue weighted by atomic mass is 16.1. The Balaban J connectivity index is 2.06. The van der Waals surface area contributed by atoms with Crippen LogP contribution in [0.1, 0.15) is 18.2 Å². The van der Waals surface area contributed by atoms with E-state index in [2.05, 4.69) is 26.8 Å². The van der Waals surface area contributed by atoms with E-state index in [-0.39, 0.29) is 5.56 Å². The first-order valence-corrected chi connectivity index (χ1v) is 6.52. The molecule has 0 atom stereocenters. The Hall–Kier alpha value is -2.01. The van der Waals surface area contributed by atoms with E-state index in [1.165, 1.54) is 0 Å². The van der Waals surface area contributed by atoms with Crippen molar-refractivity contribution < 1.29 is 0 Å². The zero-order valence-electron chi connectivity index (χ0n) is 10.9. The minimum absolute atomic E-state index is 0.0143. The smallest absolute Gasteiger partial charge is 0.254 e. The number of likely N-dealkylation sites (N-methyl/N-ethyl adjacent to an activating group) is 1. The zero-order valence-corrected chi connectivity index (χ0v) is 10.9. The summed E-state index contributed by atoms with van der Waals surface area (Å²) in [5.41, 5.74) is 2.56. The van der Waals surface area contributed by atoms with E-state index in [0.717, 1.165) is 42.9 Å².